The molecule has 16 heavy (non-hydrogen) atoms. The highest BCUT2D eigenvalue weighted by Crippen LogP contribution is 2.22. The Labute approximate surface area is 91.6 Å². The molecule has 0 aromatic rings. The van der Waals surface area contributed by atoms with E-state index in [4.69, 9.17) is 5.11 Å². The van der Waals surface area contributed by atoms with Gasteiger partial charge in [0.2, 0.25) is 0 Å². The van der Waals surface area contributed by atoms with Gasteiger partial charge < -0.3 is 9.84 Å². The molecule has 88 valence electrons. The van der Waals surface area contributed by atoms with Crippen molar-refractivity contribution in [2.45, 2.75) is 32.3 Å². The average molecular weight is 228 g/mol. The number of cyclic esters (lactones) is 1. The number of esters is 1. The molecule has 1 saturated heterocycles. The molecule has 2 unspecified atom stereocenters. The van der Waals surface area contributed by atoms with E-state index in [2.05, 4.69) is 4.74 Å². The van der Waals surface area contributed by atoms with E-state index in [-0.39, 0.29) is 6.42 Å². The average Bonchev–Trinajstić information content (AvgIpc) is 2.41. The summed E-state index contributed by atoms with van der Waals surface area (Å²) in [5, 5.41) is 8.48. The lowest BCUT2D eigenvalue weighted by atomic mass is 9.95. The third kappa shape index (κ3) is 2.44. The zero-order valence-electron chi connectivity index (χ0n) is 8.76. The molecular weight excluding hydrogens is 216 g/mol. The van der Waals surface area contributed by atoms with Crippen molar-refractivity contribution >= 4 is 23.5 Å². The van der Waals surface area contributed by atoms with E-state index in [9.17, 15) is 19.2 Å². The molecule has 1 N–H and O–H groups in total. The number of Topliss-reactive ketones (excluding diaryl/α,β-unsaturated/α-hetero) is 2. The molecule has 1 fully saturated rings. The first-order chi connectivity index (χ1) is 7.47. The van der Waals surface area contributed by atoms with Gasteiger partial charge in [-0.1, -0.05) is 6.92 Å². The van der Waals surface area contributed by atoms with Crippen LogP contribution in [0.15, 0.2) is 0 Å². The molecule has 0 amide bonds. The zero-order chi connectivity index (χ0) is 12.3. The van der Waals surface area contributed by atoms with Gasteiger partial charge >= 0.3 is 11.9 Å². The van der Waals surface area contributed by atoms with Crippen molar-refractivity contribution in [2.75, 3.05) is 0 Å². The summed E-state index contributed by atoms with van der Waals surface area (Å²) in [6.07, 6.45) is -1.25. The normalized spacial score (nSPS) is 24.3. The minimum absolute atomic E-state index is 0.116. The number of ether oxygens (including phenoxy) is 1. The maximum Gasteiger partial charge on any atom is 0.325 e. The van der Waals surface area contributed by atoms with Gasteiger partial charge in [0.15, 0.2) is 23.6 Å². The van der Waals surface area contributed by atoms with Crippen LogP contribution in [0.25, 0.3) is 0 Å². The lowest BCUT2D eigenvalue weighted by molar-refractivity contribution is -0.149. The predicted molar refractivity (Wildman–Crippen MR) is 50.5 cm³/mol. The number of carboxylic acids is 1. The van der Waals surface area contributed by atoms with Gasteiger partial charge in [-0.3, -0.25) is 19.2 Å². The summed E-state index contributed by atoms with van der Waals surface area (Å²) in [7, 11) is 0. The van der Waals surface area contributed by atoms with Crippen LogP contribution in [0.1, 0.15) is 26.2 Å². The van der Waals surface area contributed by atoms with Crippen LogP contribution in [-0.4, -0.2) is 34.7 Å². The second-order valence-electron chi connectivity index (χ2n) is 3.58. The molecule has 1 aliphatic rings. The number of hydrogen-bond acceptors (Lipinski definition) is 5. The molecule has 6 nitrogen and oxygen atoms in total. The Kier molecular flexibility index (Phi) is 3.76. The molecule has 0 saturated carbocycles. The van der Waals surface area contributed by atoms with Gasteiger partial charge in [-0.05, 0) is 6.42 Å². The van der Waals surface area contributed by atoms with Gasteiger partial charge in [0.1, 0.15) is 0 Å². The molecule has 1 rings (SSSR count). The summed E-state index contributed by atoms with van der Waals surface area (Å²) in [6.45, 7) is 1.75. The number of carbonyl (C=O) groups excluding carboxylic acids is 3. The highest BCUT2D eigenvalue weighted by atomic mass is 16.6. The van der Waals surface area contributed by atoms with E-state index >= 15 is 0 Å². The number of hydrogen-bond donors (Lipinski definition) is 1. The number of carbonyl (C=O) groups is 4. The van der Waals surface area contributed by atoms with Crippen molar-refractivity contribution in [1.82, 2.24) is 0 Å². The summed E-state index contributed by atoms with van der Waals surface area (Å²) in [6, 6.07) is 0. The summed E-state index contributed by atoms with van der Waals surface area (Å²) >= 11 is 0. The quantitative estimate of drug-likeness (QED) is 0.523. The first-order valence-electron chi connectivity index (χ1n) is 4.96. The minimum atomic E-state index is -1.41. The second kappa shape index (κ2) is 4.87. The molecule has 0 aliphatic carbocycles. The van der Waals surface area contributed by atoms with E-state index in [1.807, 2.05) is 0 Å². The predicted octanol–water partition coefficient (Wildman–Crippen LogP) is -0.0590. The Hall–Kier alpha value is -1.72. The molecule has 0 aromatic carbocycles. The zero-order valence-corrected chi connectivity index (χ0v) is 8.76. The van der Waals surface area contributed by atoms with E-state index in [1.54, 1.807) is 6.92 Å². The summed E-state index contributed by atoms with van der Waals surface area (Å²) in [4.78, 5) is 44.6. The highest BCUT2D eigenvalue weighted by molar-refractivity contribution is 6.22. The SMILES string of the molecule is CCCC(=O)C1C(=O)OC(CC(=O)O)C1=O. The fraction of sp³-hybridized carbons (Fsp3) is 0.600. The molecule has 0 spiro atoms. The molecule has 2 atom stereocenters. The lowest BCUT2D eigenvalue weighted by Gasteiger charge is -2.02. The van der Waals surface area contributed by atoms with Crippen LogP contribution in [0, 0.1) is 5.92 Å². The Morgan fingerprint density at radius 2 is 2.00 bits per heavy atom. The molecular formula is C10H12O6. The van der Waals surface area contributed by atoms with Crippen LogP contribution in [0.3, 0.4) is 0 Å². The molecule has 6 heteroatoms. The van der Waals surface area contributed by atoms with Crippen LogP contribution in [-0.2, 0) is 23.9 Å². The standard InChI is InChI=1S/C10H12O6/c1-2-3-5(11)8-9(14)6(4-7(12)13)16-10(8)15/h6,8H,2-4H2,1H3,(H,12,13). The first-order valence-corrected chi connectivity index (χ1v) is 4.96. The highest BCUT2D eigenvalue weighted by Gasteiger charge is 2.47. The smallest absolute Gasteiger partial charge is 0.325 e. The Morgan fingerprint density at radius 1 is 1.38 bits per heavy atom. The van der Waals surface area contributed by atoms with E-state index in [0.717, 1.165) is 0 Å². The molecule has 1 heterocycles. The summed E-state index contributed by atoms with van der Waals surface area (Å²) in [5.74, 6) is -4.80. The lowest BCUT2D eigenvalue weighted by Crippen LogP contribution is -2.28. The maximum atomic E-state index is 11.5. The number of carboxylic acid groups (broad SMARTS) is 1. The van der Waals surface area contributed by atoms with Gasteiger partial charge in [0, 0.05) is 6.42 Å². The summed E-state index contributed by atoms with van der Waals surface area (Å²) in [5.41, 5.74) is 0. The van der Waals surface area contributed by atoms with Gasteiger partial charge in [-0.15, -0.1) is 0 Å². The number of aliphatic carboxylic acids is 1. The Morgan fingerprint density at radius 3 is 2.50 bits per heavy atom. The third-order valence-corrected chi connectivity index (χ3v) is 2.27. The summed E-state index contributed by atoms with van der Waals surface area (Å²) < 4.78 is 4.57. The monoisotopic (exact) mass is 228 g/mol. The van der Waals surface area contributed by atoms with E-state index < -0.39 is 41.9 Å². The van der Waals surface area contributed by atoms with Gasteiger partial charge in [0.05, 0.1) is 6.42 Å². The van der Waals surface area contributed by atoms with E-state index in [1.165, 1.54) is 0 Å². The minimum Gasteiger partial charge on any atom is -0.481 e. The van der Waals surface area contributed by atoms with Crippen molar-refractivity contribution in [1.29, 1.82) is 0 Å². The van der Waals surface area contributed by atoms with Crippen LogP contribution in [0.2, 0.25) is 0 Å². The largest absolute Gasteiger partial charge is 0.481 e. The van der Waals surface area contributed by atoms with E-state index in [0.29, 0.717) is 6.42 Å². The van der Waals surface area contributed by atoms with Gasteiger partial charge in [0.25, 0.3) is 0 Å². The van der Waals surface area contributed by atoms with Crippen LogP contribution < -0.4 is 0 Å². The maximum absolute atomic E-state index is 11.5. The van der Waals surface area contributed by atoms with Crippen molar-refractivity contribution < 1.29 is 29.0 Å². The van der Waals surface area contributed by atoms with Gasteiger partial charge in [-0.25, -0.2) is 0 Å². The Balaban J connectivity index is 2.74. The fourth-order valence-corrected chi connectivity index (χ4v) is 1.55. The molecule has 0 aromatic heterocycles. The second-order valence-corrected chi connectivity index (χ2v) is 3.58. The van der Waals surface area contributed by atoms with Crippen molar-refractivity contribution in [2.24, 2.45) is 5.92 Å². The van der Waals surface area contributed by atoms with Crippen LogP contribution >= 0.6 is 0 Å². The number of rotatable bonds is 5. The topological polar surface area (TPSA) is 97.7 Å². The van der Waals surface area contributed by atoms with Crippen molar-refractivity contribution in [3.8, 4) is 0 Å². The fourth-order valence-electron chi connectivity index (χ4n) is 1.55. The first kappa shape index (κ1) is 12.4. The van der Waals surface area contributed by atoms with Crippen LogP contribution in [0.5, 0.6) is 0 Å². The molecule has 1 aliphatic heterocycles. The van der Waals surface area contributed by atoms with Gasteiger partial charge in [-0.2, -0.15) is 0 Å². The third-order valence-electron chi connectivity index (χ3n) is 2.27. The van der Waals surface area contributed by atoms with Crippen molar-refractivity contribution in [3.63, 3.8) is 0 Å². The molecule has 0 radical (unpaired) electrons. The number of ketones is 2. The molecule has 0 bridgehead atoms. The Bertz CT molecular complexity index is 345. The van der Waals surface area contributed by atoms with Crippen molar-refractivity contribution in [3.05, 3.63) is 0 Å². The van der Waals surface area contributed by atoms with Crippen LogP contribution in [0.4, 0.5) is 0 Å².